The molecule has 0 aliphatic carbocycles. The lowest BCUT2D eigenvalue weighted by Crippen LogP contribution is -2.52. The molecule has 3 aliphatic rings. The molecule has 2 fully saturated rings. The van der Waals surface area contributed by atoms with E-state index in [-0.39, 0.29) is 52.6 Å². The second-order valence-electron chi connectivity index (χ2n) is 17.3. The van der Waals surface area contributed by atoms with Crippen molar-refractivity contribution < 1.29 is 41.7 Å². The molecule has 1 unspecified atom stereocenters. The first-order chi connectivity index (χ1) is 31.7. The summed E-state index contributed by atoms with van der Waals surface area (Å²) >= 11 is 6.51. The minimum Gasteiger partial charge on any atom is -0.491 e. The molecule has 1 atom stereocenters. The van der Waals surface area contributed by atoms with Crippen molar-refractivity contribution in [1.29, 1.82) is 0 Å². The highest BCUT2D eigenvalue weighted by molar-refractivity contribution is 7.92. The number of halogens is 1. The van der Waals surface area contributed by atoms with E-state index < -0.39 is 27.0 Å². The van der Waals surface area contributed by atoms with Gasteiger partial charge >= 0.3 is 0 Å². The number of aromatic nitrogens is 2. The van der Waals surface area contributed by atoms with Crippen LogP contribution in [0.25, 0.3) is 0 Å². The van der Waals surface area contributed by atoms with Gasteiger partial charge in [0, 0.05) is 30.7 Å². The number of sulfone groups is 1. The Hall–Kier alpha value is -5.33. The third kappa shape index (κ3) is 11.8. The molecule has 3 amide bonds. The smallest absolute Gasteiger partial charge is 0.255 e. The number of anilines is 4. The molecule has 4 heterocycles. The molecule has 3 N–H and O–H groups in total. The van der Waals surface area contributed by atoms with Crippen LogP contribution in [0.1, 0.15) is 92.8 Å². The molecule has 3 aliphatic heterocycles. The first-order valence-electron chi connectivity index (χ1n) is 22.7. The third-order valence-electron chi connectivity index (χ3n) is 12.0. The Bertz CT molecular complexity index is 2500. The standard InChI is InChI=1S/C48H60ClN7O9S/c1-30(2)65-42-27-35(32(5)26-39(42)52-48-50-28-37(49)45(54-48)51-38-11-6-7-13-43(38)66(60,61)31(3)4)33-16-19-55(20-17-33)18-9-21-62-22-23-63-24-25-64-41-12-8-10-34-36(41)29-56(47(34)59)40-14-15-44(57)53-46(40)58/h6-8,10-13,26-28,30-31,33,40H,9,14-25,29H2,1-5H3,(H,53,57,58)(H2,50,51,52,54). The van der Waals surface area contributed by atoms with Crippen molar-refractivity contribution in [3.05, 3.63) is 88.1 Å². The maximum absolute atomic E-state index is 13.1. The van der Waals surface area contributed by atoms with Crippen molar-refractivity contribution in [2.75, 3.05) is 63.3 Å². The molecule has 16 nitrogen and oxygen atoms in total. The van der Waals surface area contributed by atoms with Gasteiger partial charge in [0.2, 0.25) is 17.8 Å². The van der Waals surface area contributed by atoms with Crippen LogP contribution in [0, 0.1) is 6.92 Å². The predicted octanol–water partition coefficient (Wildman–Crippen LogP) is 7.34. The number of para-hydroxylation sites is 1. The number of ether oxygens (including phenoxy) is 4. The zero-order chi connectivity index (χ0) is 47.0. The zero-order valence-corrected chi connectivity index (χ0v) is 39.8. The summed E-state index contributed by atoms with van der Waals surface area (Å²) in [4.78, 5) is 50.3. The second kappa shape index (κ2) is 22.0. The monoisotopic (exact) mass is 945 g/mol. The van der Waals surface area contributed by atoms with Crippen LogP contribution < -0.4 is 25.4 Å². The van der Waals surface area contributed by atoms with Gasteiger partial charge in [-0.05, 0) is 127 Å². The first kappa shape index (κ1) is 48.6. The molecular formula is C48H60ClN7O9S. The summed E-state index contributed by atoms with van der Waals surface area (Å²) in [7, 11) is -3.57. The number of fused-ring (bicyclic) bond motifs is 1. The molecule has 2 saturated heterocycles. The number of nitrogens with one attached hydrogen (secondary N) is 3. The largest absolute Gasteiger partial charge is 0.491 e. The molecule has 66 heavy (non-hydrogen) atoms. The zero-order valence-electron chi connectivity index (χ0n) is 38.2. The van der Waals surface area contributed by atoms with Crippen molar-refractivity contribution in [3.63, 3.8) is 0 Å². The van der Waals surface area contributed by atoms with Gasteiger partial charge in [0.25, 0.3) is 5.91 Å². The van der Waals surface area contributed by atoms with E-state index in [9.17, 15) is 22.8 Å². The lowest BCUT2D eigenvalue weighted by atomic mass is 9.86. The number of aryl methyl sites for hydroxylation is 1. The van der Waals surface area contributed by atoms with Gasteiger partial charge < -0.3 is 39.4 Å². The van der Waals surface area contributed by atoms with Gasteiger partial charge in [-0.25, -0.2) is 13.4 Å². The van der Waals surface area contributed by atoms with Crippen LogP contribution in [-0.2, 0) is 35.4 Å². The summed E-state index contributed by atoms with van der Waals surface area (Å²) in [6, 6.07) is 15.5. The molecule has 0 saturated carbocycles. The van der Waals surface area contributed by atoms with E-state index in [2.05, 4.69) is 49.9 Å². The summed E-state index contributed by atoms with van der Waals surface area (Å²) in [6.45, 7) is 14.8. The summed E-state index contributed by atoms with van der Waals surface area (Å²) in [5.74, 6) is 1.21. The van der Waals surface area contributed by atoms with Crippen molar-refractivity contribution >= 4 is 62.3 Å². The summed E-state index contributed by atoms with van der Waals surface area (Å²) in [6.07, 6.45) is 4.88. The van der Waals surface area contributed by atoms with Crippen molar-refractivity contribution in [3.8, 4) is 11.5 Å². The Morgan fingerprint density at radius 1 is 0.879 bits per heavy atom. The van der Waals surface area contributed by atoms with Gasteiger partial charge in [-0.2, -0.15) is 4.98 Å². The second-order valence-corrected chi connectivity index (χ2v) is 20.2. The number of nitrogens with zero attached hydrogens (tertiary/aromatic N) is 4. The lowest BCUT2D eigenvalue weighted by Gasteiger charge is -2.33. The van der Waals surface area contributed by atoms with E-state index in [1.165, 1.54) is 16.7 Å². The highest BCUT2D eigenvalue weighted by atomic mass is 35.5. The van der Waals surface area contributed by atoms with E-state index >= 15 is 0 Å². The van der Waals surface area contributed by atoms with Crippen LogP contribution >= 0.6 is 11.6 Å². The highest BCUT2D eigenvalue weighted by Gasteiger charge is 2.40. The Morgan fingerprint density at radius 2 is 1.62 bits per heavy atom. The third-order valence-corrected chi connectivity index (χ3v) is 14.5. The molecule has 7 rings (SSSR count). The number of hydrogen-bond donors (Lipinski definition) is 3. The van der Waals surface area contributed by atoms with Crippen LogP contribution in [0.2, 0.25) is 5.02 Å². The SMILES string of the molecule is Cc1cc(Nc2ncc(Cl)c(Nc3ccccc3S(=O)(=O)C(C)C)n2)c(OC(C)C)cc1C1CCN(CCCOCCOCCOc2cccc3c2CN(C2CCC(=O)NC2=O)C3=O)CC1. The molecule has 354 valence electrons. The number of amides is 3. The van der Waals surface area contributed by atoms with Crippen LogP contribution in [0.5, 0.6) is 11.5 Å². The average Bonchev–Trinajstić information content (AvgIpc) is 3.62. The van der Waals surface area contributed by atoms with Gasteiger partial charge in [0.05, 0.1) is 60.2 Å². The molecular weight excluding hydrogens is 886 g/mol. The Balaban J connectivity index is 0.828. The van der Waals surface area contributed by atoms with Gasteiger partial charge in [-0.3, -0.25) is 19.7 Å². The fraction of sp³-hybridized carbons (Fsp3) is 0.479. The summed E-state index contributed by atoms with van der Waals surface area (Å²) in [5, 5.41) is 8.41. The Morgan fingerprint density at radius 3 is 2.36 bits per heavy atom. The van der Waals surface area contributed by atoms with E-state index in [0.29, 0.717) is 73.8 Å². The lowest BCUT2D eigenvalue weighted by molar-refractivity contribution is -0.136. The summed E-state index contributed by atoms with van der Waals surface area (Å²) < 4.78 is 50.1. The van der Waals surface area contributed by atoms with Gasteiger partial charge in [-0.15, -0.1) is 0 Å². The number of hydrogen-bond acceptors (Lipinski definition) is 14. The quantitative estimate of drug-likeness (QED) is 0.0556. The molecule has 1 aromatic heterocycles. The Kier molecular flexibility index (Phi) is 16.2. The molecule has 0 bridgehead atoms. The summed E-state index contributed by atoms with van der Waals surface area (Å²) in [5.41, 5.74) is 4.73. The fourth-order valence-electron chi connectivity index (χ4n) is 8.51. The maximum Gasteiger partial charge on any atom is 0.255 e. The normalized spacial score (nSPS) is 17.1. The predicted molar refractivity (Wildman–Crippen MR) is 252 cm³/mol. The maximum atomic E-state index is 13.1. The minimum atomic E-state index is -3.57. The van der Waals surface area contributed by atoms with Gasteiger partial charge in [0.1, 0.15) is 29.2 Å². The van der Waals surface area contributed by atoms with Gasteiger partial charge in [-0.1, -0.05) is 29.8 Å². The minimum absolute atomic E-state index is 0.0775. The first-order valence-corrected chi connectivity index (χ1v) is 24.6. The number of benzene rings is 3. The fourth-order valence-corrected chi connectivity index (χ4v) is 9.85. The van der Waals surface area contributed by atoms with Gasteiger partial charge in [0.15, 0.2) is 15.7 Å². The number of imide groups is 1. The van der Waals surface area contributed by atoms with Crippen molar-refractivity contribution in [2.45, 2.75) is 101 Å². The van der Waals surface area contributed by atoms with E-state index in [4.69, 9.17) is 30.5 Å². The molecule has 3 aromatic carbocycles. The van der Waals surface area contributed by atoms with Crippen LogP contribution in [-0.4, -0.2) is 116 Å². The van der Waals surface area contributed by atoms with Crippen LogP contribution in [0.15, 0.2) is 65.7 Å². The Labute approximate surface area is 392 Å². The van der Waals surface area contributed by atoms with E-state index in [1.54, 1.807) is 50.2 Å². The average molecular weight is 947 g/mol. The topological polar surface area (TPSA) is 191 Å². The number of likely N-dealkylation sites (tertiary alicyclic amines) is 1. The van der Waals surface area contributed by atoms with Crippen LogP contribution in [0.3, 0.4) is 0 Å². The highest BCUT2D eigenvalue weighted by Crippen LogP contribution is 2.39. The molecule has 18 heteroatoms. The number of carbonyl (C=O) groups excluding carboxylic acids is 3. The number of carbonyl (C=O) groups is 3. The van der Waals surface area contributed by atoms with Crippen molar-refractivity contribution in [1.82, 2.24) is 25.1 Å². The number of piperidine rings is 2. The molecule has 0 spiro atoms. The van der Waals surface area contributed by atoms with E-state index in [1.807, 2.05) is 19.9 Å². The molecule has 4 aromatic rings. The van der Waals surface area contributed by atoms with Crippen molar-refractivity contribution in [2.24, 2.45) is 0 Å². The van der Waals surface area contributed by atoms with Crippen LogP contribution in [0.4, 0.5) is 23.1 Å². The number of rotatable bonds is 21. The molecule has 0 radical (unpaired) electrons. The van der Waals surface area contributed by atoms with E-state index in [0.717, 1.165) is 50.0 Å².